The summed E-state index contributed by atoms with van der Waals surface area (Å²) >= 11 is 0. The van der Waals surface area contributed by atoms with E-state index < -0.39 is 0 Å². The summed E-state index contributed by atoms with van der Waals surface area (Å²) in [6.45, 7) is 4.08. The van der Waals surface area contributed by atoms with Crippen molar-refractivity contribution in [3.63, 3.8) is 0 Å². The van der Waals surface area contributed by atoms with Gasteiger partial charge in [0, 0.05) is 17.1 Å². The molecule has 1 heterocycles. The van der Waals surface area contributed by atoms with Crippen LogP contribution in [0.25, 0.3) is 17.3 Å². The third-order valence-electron chi connectivity index (χ3n) is 4.06. The number of nitrogens with zero attached hydrogens (tertiary/aromatic N) is 2. The van der Waals surface area contributed by atoms with Gasteiger partial charge in [-0.05, 0) is 61.4 Å². The molecule has 0 bridgehead atoms. The molecule has 0 saturated heterocycles. The van der Waals surface area contributed by atoms with Crippen LogP contribution in [0.3, 0.4) is 0 Å². The van der Waals surface area contributed by atoms with Crippen molar-refractivity contribution in [3.05, 3.63) is 89.0 Å². The Kier molecular flexibility index (Phi) is 4.31. The third-order valence-corrected chi connectivity index (χ3v) is 4.06. The molecule has 0 aliphatic heterocycles. The number of nitriles is 1. The first-order chi connectivity index (χ1) is 11.6. The zero-order valence-electron chi connectivity index (χ0n) is 13.6. The number of aromatic nitrogens is 1. The Morgan fingerprint density at radius 2 is 1.71 bits per heavy atom. The summed E-state index contributed by atoms with van der Waals surface area (Å²) < 4.78 is 15.2. The zero-order valence-corrected chi connectivity index (χ0v) is 13.6. The minimum Gasteiger partial charge on any atom is -0.318 e. The van der Waals surface area contributed by atoms with E-state index in [0.29, 0.717) is 11.1 Å². The second-order valence-electron chi connectivity index (χ2n) is 5.67. The molecule has 0 N–H and O–H groups in total. The Hall–Kier alpha value is -3.12. The lowest BCUT2D eigenvalue weighted by molar-refractivity contribution is 0.627. The SMILES string of the molecule is Cc1cc(C=C(C#N)c2ccc(F)cc2)c(C)n1-c1ccccc1. The Labute approximate surface area is 141 Å². The summed E-state index contributed by atoms with van der Waals surface area (Å²) in [7, 11) is 0. The van der Waals surface area contributed by atoms with Crippen molar-refractivity contribution in [2.75, 3.05) is 0 Å². The predicted molar refractivity (Wildman–Crippen MR) is 95.1 cm³/mol. The van der Waals surface area contributed by atoms with Gasteiger partial charge in [0.25, 0.3) is 0 Å². The Bertz CT molecular complexity index is 926. The number of para-hydroxylation sites is 1. The lowest BCUT2D eigenvalue weighted by Gasteiger charge is -2.09. The Morgan fingerprint density at radius 1 is 1.04 bits per heavy atom. The van der Waals surface area contributed by atoms with E-state index in [1.807, 2.05) is 38.1 Å². The van der Waals surface area contributed by atoms with Crippen molar-refractivity contribution in [2.45, 2.75) is 13.8 Å². The van der Waals surface area contributed by atoms with E-state index in [1.165, 1.54) is 12.1 Å². The highest BCUT2D eigenvalue weighted by Gasteiger charge is 2.10. The van der Waals surface area contributed by atoms with Crippen LogP contribution >= 0.6 is 0 Å². The molecule has 3 aromatic rings. The van der Waals surface area contributed by atoms with Gasteiger partial charge in [-0.2, -0.15) is 5.26 Å². The first-order valence-corrected chi connectivity index (χ1v) is 7.72. The highest BCUT2D eigenvalue weighted by Crippen LogP contribution is 2.25. The van der Waals surface area contributed by atoms with Gasteiger partial charge in [-0.25, -0.2) is 4.39 Å². The molecular weight excluding hydrogens is 299 g/mol. The number of benzene rings is 2. The van der Waals surface area contributed by atoms with E-state index in [4.69, 9.17) is 0 Å². The molecule has 24 heavy (non-hydrogen) atoms. The van der Waals surface area contributed by atoms with Gasteiger partial charge in [0.15, 0.2) is 0 Å². The molecule has 0 atom stereocenters. The summed E-state index contributed by atoms with van der Waals surface area (Å²) in [5.41, 5.74) is 5.46. The van der Waals surface area contributed by atoms with Crippen LogP contribution in [0.4, 0.5) is 4.39 Å². The molecular formula is C21H17FN2. The van der Waals surface area contributed by atoms with Gasteiger partial charge in [0.05, 0.1) is 11.6 Å². The van der Waals surface area contributed by atoms with Gasteiger partial charge in [-0.1, -0.05) is 30.3 Å². The van der Waals surface area contributed by atoms with E-state index in [0.717, 1.165) is 22.6 Å². The fourth-order valence-electron chi connectivity index (χ4n) is 2.87. The molecule has 0 aliphatic rings. The number of aryl methyl sites for hydroxylation is 1. The summed E-state index contributed by atoms with van der Waals surface area (Å²) in [5.74, 6) is -0.307. The van der Waals surface area contributed by atoms with Crippen LogP contribution < -0.4 is 0 Å². The number of halogens is 1. The number of hydrogen-bond donors (Lipinski definition) is 0. The fourth-order valence-corrected chi connectivity index (χ4v) is 2.87. The third kappa shape index (κ3) is 3.00. The fraction of sp³-hybridized carbons (Fsp3) is 0.0952. The van der Waals surface area contributed by atoms with E-state index >= 15 is 0 Å². The van der Waals surface area contributed by atoms with Crippen LogP contribution in [0, 0.1) is 31.0 Å². The summed E-state index contributed by atoms with van der Waals surface area (Å²) in [5, 5.41) is 9.48. The average Bonchev–Trinajstić information content (AvgIpc) is 2.88. The van der Waals surface area contributed by atoms with Crippen LogP contribution in [0.5, 0.6) is 0 Å². The lowest BCUT2D eigenvalue weighted by atomic mass is 10.0. The standard InChI is InChI=1S/C21H17FN2/c1-15-12-18(16(2)24(15)21-6-4-3-5-7-21)13-19(14-23)17-8-10-20(22)11-9-17/h3-13H,1-2H3. The van der Waals surface area contributed by atoms with E-state index in [-0.39, 0.29) is 5.82 Å². The number of rotatable bonds is 3. The van der Waals surface area contributed by atoms with Crippen molar-refractivity contribution in [2.24, 2.45) is 0 Å². The quantitative estimate of drug-likeness (QED) is 0.603. The number of allylic oxidation sites excluding steroid dienone is 1. The van der Waals surface area contributed by atoms with Crippen LogP contribution in [-0.4, -0.2) is 4.57 Å². The molecule has 0 saturated carbocycles. The van der Waals surface area contributed by atoms with Crippen molar-refractivity contribution < 1.29 is 4.39 Å². The van der Waals surface area contributed by atoms with Crippen LogP contribution in [0.15, 0.2) is 60.7 Å². The molecule has 0 fully saturated rings. The zero-order chi connectivity index (χ0) is 17.1. The maximum atomic E-state index is 13.1. The predicted octanol–water partition coefficient (Wildman–Crippen LogP) is 5.30. The maximum Gasteiger partial charge on any atom is 0.123 e. The second-order valence-corrected chi connectivity index (χ2v) is 5.67. The van der Waals surface area contributed by atoms with Crippen molar-refractivity contribution in [1.82, 2.24) is 4.57 Å². The second kappa shape index (κ2) is 6.55. The summed E-state index contributed by atoms with van der Waals surface area (Å²) in [4.78, 5) is 0. The molecule has 0 unspecified atom stereocenters. The molecule has 3 rings (SSSR count). The highest BCUT2D eigenvalue weighted by molar-refractivity contribution is 5.90. The number of hydrogen-bond acceptors (Lipinski definition) is 1. The van der Waals surface area contributed by atoms with Crippen molar-refractivity contribution in [1.29, 1.82) is 5.26 Å². The van der Waals surface area contributed by atoms with Gasteiger partial charge in [-0.15, -0.1) is 0 Å². The Balaban J connectivity index is 2.07. The normalized spacial score (nSPS) is 11.3. The highest BCUT2D eigenvalue weighted by atomic mass is 19.1. The first kappa shape index (κ1) is 15.8. The Morgan fingerprint density at radius 3 is 2.33 bits per heavy atom. The molecule has 0 radical (unpaired) electrons. The molecule has 1 aromatic heterocycles. The monoisotopic (exact) mass is 316 g/mol. The molecule has 0 spiro atoms. The molecule has 118 valence electrons. The molecule has 2 aromatic carbocycles. The summed E-state index contributed by atoms with van der Waals surface area (Å²) in [6.07, 6.45) is 1.86. The maximum absolute atomic E-state index is 13.1. The topological polar surface area (TPSA) is 28.7 Å². The van der Waals surface area contributed by atoms with Gasteiger partial charge < -0.3 is 4.57 Å². The van der Waals surface area contributed by atoms with Gasteiger partial charge in [-0.3, -0.25) is 0 Å². The molecule has 3 heteroatoms. The average molecular weight is 316 g/mol. The largest absolute Gasteiger partial charge is 0.318 e. The van der Waals surface area contributed by atoms with Crippen LogP contribution in [-0.2, 0) is 0 Å². The van der Waals surface area contributed by atoms with Crippen LogP contribution in [0.1, 0.15) is 22.5 Å². The van der Waals surface area contributed by atoms with E-state index in [1.54, 1.807) is 12.1 Å². The smallest absolute Gasteiger partial charge is 0.123 e. The lowest BCUT2D eigenvalue weighted by Crippen LogP contribution is -1.98. The minimum absolute atomic E-state index is 0.307. The summed E-state index contributed by atoms with van der Waals surface area (Å²) in [6, 6.07) is 20.4. The van der Waals surface area contributed by atoms with Crippen molar-refractivity contribution >= 4 is 11.6 Å². The van der Waals surface area contributed by atoms with Gasteiger partial charge >= 0.3 is 0 Å². The molecule has 0 amide bonds. The first-order valence-electron chi connectivity index (χ1n) is 7.72. The molecule has 2 nitrogen and oxygen atoms in total. The minimum atomic E-state index is -0.307. The van der Waals surface area contributed by atoms with Crippen molar-refractivity contribution in [3.8, 4) is 11.8 Å². The molecule has 0 aliphatic carbocycles. The van der Waals surface area contributed by atoms with Gasteiger partial charge in [0.2, 0.25) is 0 Å². The van der Waals surface area contributed by atoms with Gasteiger partial charge in [0.1, 0.15) is 5.82 Å². The van der Waals surface area contributed by atoms with Crippen LogP contribution in [0.2, 0.25) is 0 Å². The van der Waals surface area contributed by atoms with E-state index in [9.17, 15) is 9.65 Å². The van der Waals surface area contributed by atoms with E-state index in [2.05, 4.69) is 28.8 Å².